The summed E-state index contributed by atoms with van der Waals surface area (Å²) >= 11 is 1.27. The van der Waals surface area contributed by atoms with Crippen LogP contribution in [-0.4, -0.2) is 31.7 Å². The van der Waals surface area contributed by atoms with Crippen LogP contribution in [0, 0.1) is 0 Å². The number of anilines is 1. The van der Waals surface area contributed by atoms with E-state index in [-0.39, 0.29) is 5.56 Å². The Morgan fingerprint density at radius 2 is 1.91 bits per heavy atom. The van der Waals surface area contributed by atoms with Crippen molar-refractivity contribution in [1.29, 1.82) is 0 Å². The van der Waals surface area contributed by atoms with Gasteiger partial charge in [0.15, 0.2) is 10.7 Å². The maximum absolute atomic E-state index is 13.5. The molecule has 0 radical (unpaired) electrons. The summed E-state index contributed by atoms with van der Waals surface area (Å²) in [6, 6.07) is 11.1. The molecule has 1 aliphatic heterocycles. The molecule has 0 bridgehead atoms. The average molecular weight is 466 g/mol. The third-order valence-corrected chi connectivity index (χ3v) is 6.66. The molecule has 0 amide bonds. The number of fused-ring (bicyclic) bond motifs is 1. The lowest BCUT2D eigenvalue weighted by Gasteiger charge is -2.24. The first-order chi connectivity index (χ1) is 15.7. The van der Waals surface area contributed by atoms with E-state index in [1.165, 1.54) is 24.0 Å². The standard InChI is InChI=1S/C25H27N3O4S/c1-14(2)16-7-9-17(10-8-16)22-21(24(30)31-6)15(3)26-25-28(22)23(29)19(33-25)13-18-11-12-20(32-18)27(4)5/h7-14,22H,1-6H3/b19-13-. The van der Waals surface area contributed by atoms with Gasteiger partial charge in [-0.2, -0.15) is 0 Å². The highest BCUT2D eigenvalue weighted by Gasteiger charge is 2.33. The molecule has 1 aliphatic rings. The molecule has 0 fully saturated rings. The van der Waals surface area contributed by atoms with Crippen molar-refractivity contribution in [3.8, 4) is 0 Å². The van der Waals surface area contributed by atoms with Gasteiger partial charge in [0, 0.05) is 26.2 Å². The number of furan rings is 1. The highest BCUT2D eigenvalue weighted by Crippen LogP contribution is 2.31. The molecule has 8 heteroatoms. The van der Waals surface area contributed by atoms with Crippen LogP contribution in [-0.2, 0) is 9.53 Å². The summed E-state index contributed by atoms with van der Waals surface area (Å²) < 4.78 is 12.9. The quantitative estimate of drug-likeness (QED) is 0.541. The summed E-state index contributed by atoms with van der Waals surface area (Å²) in [5, 5.41) is 0. The van der Waals surface area contributed by atoms with Gasteiger partial charge in [0.05, 0.1) is 29.0 Å². The van der Waals surface area contributed by atoms with Gasteiger partial charge in [-0.25, -0.2) is 9.79 Å². The molecule has 0 saturated heterocycles. The number of allylic oxidation sites excluding steroid dienone is 1. The van der Waals surface area contributed by atoms with Crippen LogP contribution in [0.15, 0.2) is 61.9 Å². The van der Waals surface area contributed by atoms with E-state index in [1.54, 1.807) is 17.6 Å². The van der Waals surface area contributed by atoms with E-state index in [2.05, 4.69) is 18.8 Å². The van der Waals surface area contributed by atoms with Gasteiger partial charge in [-0.05, 0) is 30.0 Å². The first-order valence-corrected chi connectivity index (χ1v) is 11.5. The number of hydrogen-bond acceptors (Lipinski definition) is 7. The molecule has 172 valence electrons. The Morgan fingerprint density at radius 1 is 1.21 bits per heavy atom. The van der Waals surface area contributed by atoms with Crippen molar-refractivity contribution in [3.05, 3.63) is 84.2 Å². The molecule has 0 N–H and O–H groups in total. The Bertz CT molecular complexity index is 1400. The number of methoxy groups -OCH3 is 1. The number of carbonyl (C=O) groups excluding carboxylic acids is 1. The van der Waals surface area contributed by atoms with Crippen molar-refractivity contribution in [2.75, 3.05) is 26.1 Å². The number of benzene rings is 1. The van der Waals surface area contributed by atoms with Crippen LogP contribution in [0.4, 0.5) is 5.88 Å². The molecule has 7 nitrogen and oxygen atoms in total. The Hall–Kier alpha value is -3.39. The summed E-state index contributed by atoms with van der Waals surface area (Å²) in [5.41, 5.74) is 2.69. The van der Waals surface area contributed by atoms with Crippen LogP contribution >= 0.6 is 11.3 Å². The van der Waals surface area contributed by atoms with Crippen molar-refractivity contribution in [3.63, 3.8) is 0 Å². The summed E-state index contributed by atoms with van der Waals surface area (Å²) in [7, 11) is 5.11. The minimum atomic E-state index is -0.619. The zero-order valence-corrected chi connectivity index (χ0v) is 20.4. The number of aromatic nitrogens is 1. The van der Waals surface area contributed by atoms with E-state index in [0.29, 0.717) is 38.2 Å². The minimum Gasteiger partial charge on any atom is -0.466 e. The Balaban J connectivity index is 1.91. The van der Waals surface area contributed by atoms with E-state index in [1.807, 2.05) is 55.4 Å². The van der Waals surface area contributed by atoms with Crippen LogP contribution in [0.3, 0.4) is 0 Å². The zero-order chi connectivity index (χ0) is 23.9. The number of rotatable bonds is 5. The Kier molecular flexibility index (Phi) is 6.12. The molecule has 0 spiro atoms. The van der Waals surface area contributed by atoms with Crippen LogP contribution in [0.2, 0.25) is 0 Å². The molecule has 33 heavy (non-hydrogen) atoms. The third-order valence-electron chi connectivity index (χ3n) is 5.67. The largest absolute Gasteiger partial charge is 0.466 e. The smallest absolute Gasteiger partial charge is 0.338 e. The minimum absolute atomic E-state index is 0.228. The topological polar surface area (TPSA) is 77.0 Å². The van der Waals surface area contributed by atoms with Crippen molar-refractivity contribution in [1.82, 2.24) is 4.57 Å². The van der Waals surface area contributed by atoms with Crippen molar-refractivity contribution >= 4 is 29.3 Å². The van der Waals surface area contributed by atoms with Gasteiger partial charge < -0.3 is 14.1 Å². The predicted molar refractivity (Wildman–Crippen MR) is 129 cm³/mol. The molecular weight excluding hydrogens is 438 g/mol. The van der Waals surface area contributed by atoms with E-state index in [4.69, 9.17) is 9.15 Å². The van der Waals surface area contributed by atoms with E-state index in [0.717, 1.165) is 5.56 Å². The molecule has 1 atom stereocenters. The van der Waals surface area contributed by atoms with Crippen LogP contribution in [0.25, 0.3) is 6.08 Å². The number of hydrogen-bond donors (Lipinski definition) is 0. The number of nitrogens with zero attached hydrogens (tertiary/aromatic N) is 3. The number of carbonyl (C=O) groups is 1. The van der Waals surface area contributed by atoms with Crippen LogP contribution in [0.5, 0.6) is 0 Å². The molecule has 2 aromatic heterocycles. The van der Waals surface area contributed by atoms with E-state index < -0.39 is 12.0 Å². The normalized spacial score (nSPS) is 16.1. The number of esters is 1. The average Bonchev–Trinajstić information content (AvgIpc) is 3.37. The molecule has 3 heterocycles. The second-order valence-electron chi connectivity index (χ2n) is 8.47. The first kappa shape index (κ1) is 22.8. The predicted octanol–water partition coefficient (Wildman–Crippen LogP) is 3.19. The summed E-state index contributed by atoms with van der Waals surface area (Å²) in [4.78, 5) is 33.2. The van der Waals surface area contributed by atoms with Crippen molar-refractivity contribution in [2.45, 2.75) is 32.7 Å². The molecule has 0 saturated carbocycles. The summed E-state index contributed by atoms with van der Waals surface area (Å²) in [6.07, 6.45) is 1.72. The lowest BCUT2D eigenvalue weighted by Crippen LogP contribution is -2.39. The van der Waals surface area contributed by atoms with E-state index in [9.17, 15) is 9.59 Å². The van der Waals surface area contributed by atoms with E-state index >= 15 is 0 Å². The summed E-state index contributed by atoms with van der Waals surface area (Å²) in [6.45, 7) is 6.02. The first-order valence-electron chi connectivity index (χ1n) is 10.7. The SMILES string of the molecule is COC(=O)C1=C(C)N=c2s/c(=C\c3ccc(N(C)C)o3)c(=O)n2C1c1ccc(C(C)C)cc1. The molecule has 1 unspecified atom stereocenters. The van der Waals surface area contributed by atoms with Crippen molar-refractivity contribution < 1.29 is 13.9 Å². The highest BCUT2D eigenvalue weighted by atomic mass is 32.1. The lowest BCUT2D eigenvalue weighted by molar-refractivity contribution is -0.136. The molecule has 4 rings (SSSR count). The fourth-order valence-corrected chi connectivity index (χ4v) is 4.89. The van der Waals surface area contributed by atoms with Crippen LogP contribution in [0.1, 0.15) is 49.6 Å². The fourth-order valence-electron chi connectivity index (χ4n) is 3.86. The van der Waals surface area contributed by atoms with Gasteiger partial charge >= 0.3 is 5.97 Å². The van der Waals surface area contributed by atoms with Gasteiger partial charge in [-0.15, -0.1) is 0 Å². The summed E-state index contributed by atoms with van der Waals surface area (Å²) in [5.74, 6) is 1.15. The molecule has 1 aromatic carbocycles. The molecule has 3 aromatic rings. The maximum atomic E-state index is 13.5. The Labute approximate surface area is 195 Å². The lowest BCUT2D eigenvalue weighted by atomic mass is 9.93. The van der Waals surface area contributed by atoms with Gasteiger partial charge in [0.1, 0.15) is 5.76 Å². The van der Waals surface area contributed by atoms with Gasteiger partial charge in [-0.3, -0.25) is 9.36 Å². The van der Waals surface area contributed by atoms with Gasteiger partial charge in [0.2, 0.25) is 0 Å². The van der Waals surface area contributed by atoms with Gasteiger partial charge in [0.25, 0.3) is 5.56 Å². The number of thiazole rings is 1. The van der Waals surface area contributed by atoms with Gasteiger partial charge in [-0.1, -0.05) is 49.4 Å². The third kappa shape index (κ3) is 4.18. The monoisotopic (exact) mass is 465 g/mol. The second kappa shape index (κ2) is 8.86. The zero-order valence-electron chi connectivity index (χ0n) is 19.6. The maximum Gasteiger partial charge on any atom is 0.338 e. The van der Waals surface area contributed by atoms with Crippen molar-refractivity contribution in [2.24, 2.45) is 4.99 Å². The second-order valence-corrected chi connectivity index (χ2v) is 9.47. The molecule has 0 aliphatic carbocycles. The number of ether oxygens (including phenoxy) is 1. The molecular formula is C25H27N3O4S. The van der Waals surface area contributed by atoms with Crippen LogP contribution < -0.4 is 19.8 Å². The highest BCUT2D eigenvalue weighted by molar-refractivity contribution is 7.07. The fraction of sp³-hybridized carbons (Fsp3) is 0.320. The Morgan fingerprint density at radius 3 is 2.48 bits per heavy atom.